The van der Waals surface area contributed by atoms with Crippen LogP contribution in [-0.2, 0) is 15.0 Å². The molecule has 2 aromatic carbocycles. The van der Waals surface area contributed by atoms with Gasteiger partial charge in [-0.15, -0.1) is 0 Å². The van der Waals surface area contributed by atoms with Gasteiger partial charge in [0.1, 0.15) is 11.5 Å². The number of amides is 1. The molecule has 1 unspecified atom stereocenters. The molecule has 0 radical (unpaired) electrons. The maximum atomic E-state index is 13.3. The summed E-state index contributed by atoms with van der Waals surface area (Å²) in [4.78, 5) is 32.2. The summed E-state index contributed by atoms with van der Waals surface area (Å²) >= 11 is 12.4. The van der Waals surface area contributed by atoms with Gasteiger partial charge in [0.25, 0.3) is 11.7 Å². The van der Waals surface area contributed by atoms with Gasteiger partial charge < -0.3 is 9.84 Å². The number of nitrogens with zero attached hydrogens (tertiary/aromatic N) is 2. The van der Waals surface area contributed by atoms with Crippen molar-refractivity contribution >= 4 is 46.3 Å². The van der Waals surface area contributed by atoms with E-state index in [9.17, 15) is 14.7 Å². The van der Waals surface area contributed by atoms with Gasteiger partial charge in [-0.1, -0.05) is 62.2 Å². The number of anilines is 1. The average molecular weight is 511 g/mol. The first-order valence-electron chi connectivity index (χ1n) is 10.9. The minimum atomic E-state index is -0.924. The maximum Gasteiger partial charge on any atom is 0.300 e. The SMILES string of the molecule is COc1c(Cl)cc(Cl)cc1/C(O)=C1\C(=O)C(=O)N(c2ccc(C(C)(C)C)cc2)C1c1cccnc1. The van der Waals surface area contributed by atoms with Crippen LogP contribution in [0.3, 0.4) is 0 Å². The van der Waals surface area contributed by atoms with E-state index in [1.807, 2.05) is 12.1 Å². The number of carbonyl (C=O) groups excluding carboxylic acids is 2. The molecular weight excluding hydrogens is 487 g/mol. The zero-order valence-corrected chi connectivity index (χ0v) is 21.2. The van der Waals surface area contributed by atoms with Gasteiger partial charge in [0, 0.05) is 23.1 Å². The molecule has 1 aliphatic heterocycles. The summed E-state index contributed by atoms with van der Waals surface area (Å²) < 4.78 is 5.36. The van der Waals surface area contributed by atoms with Crippen molar-refractivity contribution < 1.29 is 19.4 Å². The van der Waals surface area contributed by atoms with E-state index in [2.05, 4.69) is 25.8 Å². The van der Waals surface area contributed by atoms with Gasteiger partial charge in [-0.2, -0.15) is 0 Å². The van der Waals surface area contributed by atoms with Crippen molar-refractivity contribution in [2.24, 2.45) is 0 Å². The molecule has 8 heteroatoms. The molecule has 180 valence electrons. The van der Waals surface area contributed by atoms with Crippen LogP contribution in [0, 0.1) is 0 Å². The van der Waals surface area contributed by atoms with E-state index in [-0.39, 0.29) is 32.3 Å². The summed E-state index contributed by atoms with van der Waals surface area (Å²) in [6.07, 6.45) is 3.15. The van der Waals surface area contributed by atoms with Gasteiger partial charge in [-0.3, -0.25) is 19.5 Å². The summed E-state index contributed by atoms with van der Waals surface area (Å²) in [6.45, 7) is 6.27. The minimum Gasteiger partial charge on any atom is -0.507 e. The number of carbonyl (C=O) groups is 2. The van der Waals surface area contributed by atoms with Gasteiger partial charge in [0.15, 0.2) is 0 Å². The Bertz CT molecular complexity index is 1330. The van der Waals surface area contributed by atoms with Gasteiger partial charge in [0.2, 0.25) is 0 Å². The highest BCUT2D eigenvalue weighted by Crippen LogP contribution is 2.45. The summed E-state index contributed by atoms with van der Waals surface area (Å²) in [6, 6.07) is 12.9. The van der Waals surface area contributed by atoms with E-state index in [1.54, 1.807) is 36.7 Å². The third-order valence-corrected chi connectivity index (χ3v) is 6.42. The summed E-state index contributed by atoms with van der Waals surface area (Å²) in [7, 11) is 1.39. The smallest absolute Gasteiger partial charge is 0.300 e. The normalized spacial score (nSPS) is 17.7. The van der Waals surface area contributed by atoms with Gasteiger partial charge in [-0.25, -0.2) is 0 Å². The molecule has 35 heavy (non-hydrogen) atoms. The van der Waals surface area contributed by atoms with E-state index in [4.69, 9.17) is 27.9 Å². The van der Waals surface area contributed by atoms with Crippen LogP contribution in [0.25, 0.3) is 5.76 Å². The first-order chi connectivity index (χ1) is 16.5. The fourth-order valence-corrected chi connectivity index (χ4v) is 4.73. The molecule has 1 fully saturated rings. The van der Waals surface area contributed by atoms with Gasteiger partial charge >= 0.3 is 0 Å². The second-order valence-corrected chi connectivity index (χ2v) is 10.1. The van der Waals surface area contributed by atoms with Crippen molar-refractivity contribution in [2.45, 2.75) is 32.2 Å². The van der Waals surface area contributed by atoms with Crippen LogP contribution >= 0.6 is 23.2 Å². The minimum absolute atomic E-state index is 0.0855. The number of rotatable bonds is 4. The predicted octanol–water partition coefficient (Wildman–Crippen LogP) is 6.32. The highest BCUT2D eigenvalue weighted by molar-refractivity contribution is 6.51. The highest BCUT2D eigenvalue weighted by Gasteiger charge is 2.47. The Labute approximate surface area is 213 Å². The zero-order chi connectivity index (χ0) is 25.5. The monoisotopic (exact) mass is 510 g/mol. The Kier molecular flexibility index (Phi) is 6.62. The number of aromatic nitrogens is 1. The van der Waals surface area contributed by atoms with Crippen molar-refractivity contribution in [1.29, 1.82) is 0 Å². The maximum absolute atomic E-state index is 13.3. The van der Waals surface area contributed by atoms with Crippen molar-refractivity contribution in [3.63, 3.8) is 0 Å². The Morgan fingerprint density at radius 3 is 2.34 bits per heavy atom. The highest BCUT2D eigenvalue weighted by atomic mass is 35.5. The van der Waals surface area contributed by atoms with E-state index in [1.165, 1.54) is 24.1 Å². The summed E-state index contributed by atoms with van der Waals surface area (Å²) in [5.41, 5.74) is 2.07. The van der Waals surface area contributed by atoms with E-state index >= 15 is 0 Å². The molecule has 1 aromatic heterocycles. The van der Waals surface area contributed by atoms with Crippen LogP contribution in [0.5, 0.6) is 5.75 Å². The second kappa shape index (κ2) is 9.36. The van der Waals surface area contributed by atoms with Crippen LogP contribution in [0.15, 0.2) is 66.5 Å². The fraction of sp³-hybridized carbons (Fsp3) is 0.222. The molecule has 1 atom stereocenters. The molecule has 1 amide bonds. The van der Waals surface area contributed by atoms with Crippen LogP contribution in [0.4, 0.5) is 5.69 Å². The standard InChI is InChI=1S/C27H24Cl2N2O4/c1-27(2,3)16-7-9-18(10-8-16)31-22(15-6-5-11-30-14-15)21(24(33)26(31)34)23(32)19-12-17(28)13-20(29)25(19)35-4/h5-14,22,32H,1-4H3/b23-21+. The Balaban J connectivity index is 1.95. The molecular formula is C27H24Cl2N2O4. The number of aliphatic hydroxyl groups is 1. The number of ether oxygens (including phenoxy) is 1. The van der Waals surface area contributed by atoms with Crippen LogP contribution < -0.4 is 9.64 Å². The fourth-order valence-electron chi connectivity index (χ4n) is 4.16. The van der Waals surface area contributed by atoms with E-state index in [0.29, 0.717) is 11.3 Å². The quantitative estimate of drug-likeness (QED) is 0.252. The molecule has 2 heterocycles. The Morgan fingerprint density at radius 2 is 1.77 bits per heavy atom. The number of halogens is 2. The Hall–Kier alpha value is -3.35. The largest absolute Gasteiger partial charge is 0.507 e. The molecule has 6 nitrogen and oxygen atoms in total. The molecule has 0 bridgehead atoms. The molecule has 3 aromatic rings. The molecule has 0 saturated carbocycles. The summed E-state index contributed by atoms with van der Waals surface area (Å²) in [5, 5.41) is 11.8. The number of methoxy groups -OCH3 is 1. The van der Waals surface area contributed by atoms with Crippen LogP contribution in [-0.4, -0.2) is 28.9 Å². The van der Waals surface area contributed by atoms with Gasteiger partial charge in [-0.05, 0) is 46.9 Å². The average Bonchev–Trinajstić information content (AvgIpc) is 3.08. The van der Waals surface area contributed by atoms with Crippen molar-refractivity contribution in [3.05, 3.63) is 93.2 Å². The Morgan fingerprint density at radius 1 is 1.09 bits per heavy atom. The van der Waals surface area contributed by atoms with Crippen molar-refractivity contribution in [2.75, 3.05) is 12.0 Å². The summed E-state index contributed by atoms with van der Waals surface area (Å²) in [5.74, 6) is -1.91. The predicted molar refractivity (Wildman–Crippen MR) is 137 cm³/mol. The van der Waals surface area contributed by atoms with Crippen LogP contribution in [0.1, 0.15) is 43.5 Å². The number of pyridine rings is 1. The lowest BCUT2D eigenvalue weighted by molar-refractivity contribution is -0.132. The number of hydrogen-bond donors (Lipinski definition) is 1. The zero-order valence-electron chi connectivity index (χ0n) is 19.7. The lowest BCUT2D eigenvalue weighted by Crippen LogP contribution is -2.29. The van der Waals surface area contributed by atoms with Gasteiger partial charge in [0.05, 0.1) is 29.3 Å². The number of benzene rings is 2. The first-order valence-corrected chi connectivity index (χ1v) is 11.6. The van der Waals surface area contributed by atoms with E-state index in [0.717, 1.165) is 5.56 Å². The topological polar surface area (TPSA) is 79.7 Å². The number of hydrogen-bond acceptors (Lipinski definition) is 5. The number of aliphatic hydroxyl groups excluding tert-OH is 1. The van der Waals surface area contributed by atoms with Crippen molar-refractivity contribution in [1.82, 2.24) is 4.98 Å². The molecule has 1 saturated heterocycles. The third-order valence-electron chi connectivity index (χ3n) is 5.92. The molecule has 4 rings (SSSR count). The number of Topliss-reactive ketones (excluding diaryl/α,β-unsaturated/α-hetero) is 1. The van der Waals surface area contributed by atoms with Crippen LogP contribution in [0.2, 0.25) is 10.0 Å². The number of ketones is 1. The van der Waals surface area contributed by atoms with E-state index < -0.39 is 23.5 Å². The second-order valence-electron chi connectivity index (χ2n) is 9.22. The lowest BCUT2D eigenvalue weighted by Gasteiger charge is -2.26. The molecule has 0 aliphatic carbocycles. The van der Waals surface area contributed by atoms with Crippen molar-refractivity contribution in [3.8, 4) is 5.75 Å². The molecule has 0 spiro atoms. The lowest BCUT2D eigenvalue weighted by atomic mass is 9.87. The molecule has 1 N–H and O–H groups in total. The molecule has 1 aliphatic rings. The first kappa shape index (κ1) is 24.8. The third kappa shape index (κ3) is 4.51.